The molecule has 0 radical (unpaired) electrons. The van der Waals surface area contributed by atoms with Crippen LogP contribution in [0.15, 0.2) is 42.5 Å². The summed E-state index contributed by atoms with van der Waals surface area (Å²) in [7, 11) is 1.58. The topological polar surface area (TPSA) is 93.5 Å². The van der Waals surface area contributed by atoms with Crippen molar-refractivity contribution in [2.45, 2.75) is 13.5 Å². The van der Waals surface area contributed by atoms with Crippen molar-refractivity contribution in [3.05, 3.63) is 63.7 Å². The lowest BCUT2D eigenvalue weighted by molar-refractivity contribution is -0.385. The van der Waals surface area contributed by atoms with Crippen molar-refractivity contribution in [1.82, 2.24) is 5.32 Å². The van der Waals surface area contributed by atoms with Crippen LogP contribution in [-0.4, -0.2) is 18.1 Å². The summed E-state index contributed by atoms with van der Waals surface area (Å²) >= 11 is 0. The third-order valence-electron chi connectivity index (χ3n) is 3.28. The molecule has 0 heterocycles. The molecule has 0 bridgehead atoms. The molecule has 2 N–H and O–H groups in total. The number of nitro groups is 1. The number of carbonyl (C=O) groups excluding carboxylic acids is 1. The Labute approximate surface area is 133 Å². The standard InChI is InChI=1S/C16H17N3O4/c1-11-3-6-13(9-15(11)19(21)22)18-16(20)17-10-12-4-7-14(23-2)8-5-12/h3-9H,10H2,1-2H3,(H2,17,18,20). The molecule has 0 aliphatic heterocycles. The van der Waals surface area contributed by atoms with E-state index >= 15 is 0 Å². The number of carbonyl (C=O) groups is 1. The zero-order valence-electron chi connectivity index (χ0n) is 12.8. The van der Waals surface area contributed by atoms with Crippen LogP contribution in [0.5, 0.6) is 5.75 Å². The van der Waals surface area contributed by atoms with Crippen LogP contribution in [0.2, 0.25) is 0 Å². The van der Waals surface area contributed by atoms with Crippen molar-refractivity contribution in [2.24, 2.45) is 0 Å². The summed E-state index contributed by atoms with van der Waals surface area (Å²) in [4.78, 5) is 22.3. The average molecular weight is 315 g/mol. The maximum absolute atomic E-state index is 11.9. The number of benzene rings is 2. The average Bonchev–Trinajstić information content (AvgIpc) is 2.55. The van der Waals surface area contributed by atoms with Crippen LogP contribution in [-0.2, 0) is 6.54 Å². The number of nitrogens with one attached hydrogen (secondary N) is 2. The summed E-state index contributed by atoms with van der Waals surface area (Å²) in [6, 6.07) is 11.4. The van der Waals surface area contributed by atoms with Gasteiger partial charge in [-0.15, -0.1) is 0 Å². The molecule has 0 saturated carbocycles. The van der Waals surface area contributed by atoms with Crippen LogP contribution in [0.1, 0.15) is 11.1 Å². The van der Waals surface area contributed by atoms with E-state index in [1.54, 1.807) is 38.3 Å². The predicted octanol–water partition coefficient (Wildman–Crippen LogP) is 3.23. The van der Waals surface area contributed by atoms with E-state index in [4.69, 9.17) is 4.74 Å². The van der Waals surface area contributed by atoms with Crippen LogP contribution in [0.4, 0.5) is 16.2 Å². The highest BCUT2D eigenvalue weighted by molar-refractivity contribution is 5.89. The highest BCUT2D eigenvalue weighted by Crippen LogP contribution is 2.22. The maximum atomic E-state index is 11.9. The Balaban J connectivity index is 1.94. The zero-order valence-corrected chi connectivity index (χ0v) is 12.8. The Hall–Kier alpha value is -3.09. The number of nitro benzene ring substituents is 1. The SMILES string of the molecule is COc1ccc(CNC(=O)Nc2ccc(C)c([N+](=O)[O-])c2)cc1. The van der Waals surface area contributed by atoms with Gasteiger partial charge in [-0.3, -0.25) is 10.1 Å². The van der Waals surface area contributed by atoms with Gasteiger partial charge in [0, 0.05) is 23.9 Å². The monoisotopic (exact) mass is 315 g/mol. The molecule has 0 aliphatic rings. The molecule has 23 heavy (non-hydrogen) atoms. The molecule has 0 atom stereocenters. The lowest BCUT2D eigenvalue weighted by atomic mass is 10.2. The number of rotatable bonds is 5. The van der Waals surface area contributed by atoms with E-state index in [1.807, 2.05) is 12.1 Å². The molecule has 0 saturated heterocycles. The van der Waals surface area contributed by atoms with Gasteiger partial charge in [-0.05, 0) is 30.7 Å². The van der Waals surface area contributed by atoms with Crippen molar-refractivity contribution in [1.29, 1.82) is 0 Å². The minimum atomic E-state index is -0.476. The van der Waals surface area contributed by atoms with Crippen LogP contribution >= 0.6 is 0 Å². The number of hydrogen-bond donors (Lipinski definition) is 2. The van der Waals surface area contributed by atoms with Gasteiger partial charge in [-0.2, -0.15) is 0 Å². The van der Waals surface area contributed by atoms with Gasteiger partial charge in [0.15, 0.2) is 0 Å². The Morgan fingerprint density at radius 2 is 1.91 bits per heavy atom. The molecule has 0 aliphatic carbocycles. The summed E-state index contributed by atoms with van der Waals surface area (Å²) in [5.41, 5.74) is 1.79. The number of ether oxygens (including phenoxy) is 1. The lowest BCUT2D eigenvalue weighted by Gasteiger charge is -2.09. The smallest absolute Gasteiger partial charge is 0.319 e. The number of aryl methyl sites for hydroxylation is 1. The lowest BCUT2D eigenvalue weighted by Crippen LogP contribution is -2.28. The van der Waals surface area contributed by atoms with Crippen LogP contribution in [0, 0.1) is 17.0 Å². The summed E-state index contributed by atoms with van der Waals surface area (Å²) < 4.78 is 5.06. The predicted molar refractivity (Wildman–Crippen MR) is 86.7 cm³/mol. The summed E-state index contributed by atoms with van der Waals surface area (Å²) in [5.74, 6) is 0.741. The second-order valence-electron chi connectivity index (χ2n) is 4.91. The number of amides is 2. The van der Waals surface area contributed by atoms with Gasteiger partial charge in [0.05, 0.1) is 12.0 Å². The van der Waals surface area contributed by atoms with E-state index in [9.17, 15) is 14.9 Å². The first-order valence-electron chi connectivity index (χ1n) is 6.92. The van der Waals surface area contributed by atoms with Crippen LogP contribution < -0.4 is 15.4 Å². The van der Waals surface area contributed by atoms with Crippen molar-refractivity contribution in [3.63, 3.8) is 0 Å². The molecule has 7 nitrogen and oxygen atoms in total. The van der Waals surface area contributed by atoms with Gasteiger partial charge < -0.3 is 15.4 Å². The first kappa shape index (κ1) is 16.3. The van der Waals surface area contributed by atoms with Crippen molar-refractivity contribution in [2.75, 3.05) is 12.4 Å². The number of anilines is 1. The minimum absolute atomic E-state index is 0.0297. The summed E-state index contributed by atoms with van der Waals surface area (Å²) in [5, 5.41) is 16.2. The largest absolute Gasteiger partial charge is 0.497 e. The van der Waals surface area contributed by atoms with Crippen molar-refractivity contribution in [3.8, 4) is 5.75 Å². The van der Waals surface area contributed by atoms with Crippen LogP contribution in [0.3, 0.4) is 0 Å². The normalized spacial score (nSPS) is 10.0. The fourth-order valence-electron chi connectivity index (χ4n) is 1.98. The van der Waals surface area contributed by atoms with Gasteiger partial charge in [0.2, 0.25) is 0 Å². The third-order valence-corrected chi connectivity index (χ3v) is 3.28. The van der Waals surface area contributed by atoms with E-state index in [-0.39, 0.29) is 5.69 Å². The van der Waals surface area contributed by atoms with E-state index in [0.717, 1.165) is 11.3 Å². The first-order valence-corrected chi connectivity index (χ1v) is 6.92. The fourth-order valence-corrected chi connectivity index (χ4v) is 1.98. The fraction of sp³-hybridized carbons (Fsp3) is 0.188. The van der Waals surface area contributed by atoms with Gasteiger partial charge in [-0.1, -0.05) is 18.2 Å². The van der Waals surface area contributed by atoms with Gasteiger partial charge in [-0.25, -0.2) is 4.79 Å². The zero-order chi connectivity index (χ0) is 16.8. The molecule has 120 valence electrons. The minimum Gasteiger partial charge on any atom is -0.497 e. The van der Waals surface area contributed by atoms with E-state index < -0.39 is 11.0 Å². The van der Waals surface area contributed by atoms with E-state index in [0.29, 0.717) is 17.8 Å². The number of methoxy groups -OCH3 is 1. The second kappa shape index (κ2) is 7.26. The van der Waals surface area contributed by atoms with Gasteiger partial charge in [0.1, 0.15) is 5.75 Å². The van der Waals surface area contributed by atoms with Crippen LogP contribution in [0.25, 0.3) is 0 Å². The highest BCUT2D eigenvalue weighted by atomic mass is 16.6. The van der Waals surface area contributed by atoms with Gasteiger partial charge >= 0.3 is 6.03 Å². The summed E-state index contributed by atoms with van der Waals surface area (Å²) in [6.07, 6.45) is 0. The number of nitrogens with zero attached hydrogens (tertiary/aromatic N) is 1. The molecule has 2 aromatic rings. The Bertz CT molecular complexity index is 714. The Morgan fingerprint density at radius 3 is 2.52 bits per heavy atom. The number of urea groups is 1. The molecule has 7 heteroatoms. The molecule has 0 unspecified atom stereocenters. The molecule has 2 aromatic carbocycles. The number of hydrogen-bond acceptors (Lipinski definition) is 4. The third kappa shape index (κ3) is 4.44. The molecule has 2 rings (SSSR count). The van der Waals surface area contributed by atoms with E-state index in [2.05, 4.69) is 10.6 Å². The van der Waals surface area contributed by atoms with Crippen molar-refractivity contribution < 1.29 is 14.5 Å². The Morgan fingerprint density at radius 1 is 1.22 bits per heavy atom. The molecule has 0 fully saturated rings. The van der Waals surface area contributed by atoms with Gasteiger partial charge in [0.25, 0.3) is 5.69 Å². The molecular weight excluding hydrogens is 298 g/mol. The molecular formula is C16H17N3O4. The molecule has 2 amide bonds. The quantitative estimate of drug-likeness (QED) is 0.654. The maximum Gasteiger partial charge on any atom is 0.319 e. The van der Waals surface area contributed by atoms with E-state index in [1.165, 1.54) is 6.07 Å². The highest BCUT2D eigenvalue weighted by Gasteiger charge is 2.12. The molecule has 0 aromatic heterocycles. The summed E-state index contributed by atoms with van der Waals surface area (Å²) in [6.45, 7) is 1.98. The van der Waals surface area contributed by atoms with Crippen molar-refractivity contribution >= 4 is 17.4 Å². The Kier molecular flexibility index (Phi) is 5.14. The second-order valence-corrected chi connectivity index (χ2v) is 4.91. The molecule has 0 spiro atoms. The first-order chi connectivity index (χ1) is 11.0.